The molecule has 1 heterocycles. The maximum absolute atomic E-state index is 11.7. The van der Waals surface area contributed by atoms with Crippen molar-refractivity contribution < 1.29 is 9.90 Å². The molecule has 1 amide bonds. The third-order valence-corrected chi connectivity index (χ3v) is 2.46. The predicted octanol–water partition coefficient (Wildman–Crippen LogP) is 2.02. The van der Waals surface area contributed by atoms with Gasteiger partial charge in [0.15, 0.2) is 11.0 Å². The van der Waals surface area contributed by atoms with E-state index in [-0.39, 0.29) is 29.0 Å². The number of phenolic OH excluding ortho intramolecular Hbond substituents is 1. The van der Waals surface area contributed by atoms with Crippen LogP contribution in [0.1, 0.15) is 5.56 Å². The van der Waals surface area contributed by atoms with Gasteiger partial charge in [0.05, 0.1) is 6.42 Å². The topological polar surface area (TPSA) is 75.1 Å². The van der Waals surface area contributed by atoms with E-state index in [1.807, 2.05) is 0 Å². The highest BCUT2D eigenvalue weighted by Crippen LogP contribution is 2.15. The van der Waals surface area contributed by atoms with Crippen LogP contribution in [0.4, 0.5) is 5.82 Å². The molecule has 0 aliphatic carbocycles. The largest absolute Gasteiger partial charge is 0.508 e. The van der Waals surface area contributed by atoms with Gasteiger partial charge in [-0.05, 0) is 17.7 Å². The number of aromatic nitrogens is 2. The van der Waals surface area contributed by atoms with E-state index in [2.05, 4.69) is 15.3 Å². The van der Waals surface area contributed by atoms with Crippen molar-refractivity contribution in [2.75, 3.05) is 5.32 Å². The average Bonchev–Trinajstić information content (AvgIpc) is 2.32. The number of amides is 1. The van der Waals surface area contributed by atoms with Crippen molar-refractivity contribution >= 4 is 23.3 Å². The highest BCUT2D eigenvalue weighted by Gasteiger charge is 2.08. The fraction of sp³-hybridized carbons (Fsp3) is 0.0833. The van der Waals surface area contributed by atoms with Gasteiger partial charge in [-0.3, -0.25) is 4.79 Å². The van der Waals surface area contributed by atoms with Gasteiger partial charge in [0.1, 0.15) is 5.75 Å². The molecule has 2 rings (SSSR count). The lowest BCUT2D eigenvalue weighted by Crippen LogP contribution is -2.15. The van der Waals surface area contributed by atoms with Gasteiger partial charge in [-0.15, -0.1) is 0 Å². The van der Waals surface area contributed by atoms with E-state index >= 15 is 0 Å². The van der Waals surface area contributed by atoms with Crippen LogP contribution in [0.3, 0.4) is 0 Å². The maximum atomic E-state index is 11.7. The minimum absolute atomic E-state index is 0.123. The monoisotopic (exact) mass is 263 g/mol. The number of hydrogen-bond acceptors (Lipinski definition) is 4. The molecule has 6 heteroatoms. The number of rotatable bonds is 3. The number of benzene rings is 1. The Hall–Kier alpha value is -2.14. The van der Waals surface area contributed by atoms with Gasteiger partial charge in [-0.25, -0.2) is 9.97 Å². The van der Waals surface area contributed by atoms with Crippen molar-refractivity contribution in [3.8, 4) is 5.75 Å². The fourth-order valence-corrected chi connectivity index (χ4v) is 1.59. The smallest absolute Gasteiger partial charge is 0.230 e. The molecule has 92 valence electrons. The summed E-state index contributed by atoms with van der Waals surface area (Å²) in [7, 11) is 0. The van der Waals surface area contributed by atoms with E-state index in [9.17, 15) is 9.90 Å². The summed E-state index contributed by atoms with van der Waals surface area (Å²) in [6, 6.07) is 6.49. The van der Waals surface area contributed by atoms with Crippen LogP contribution in [0.2, 0.25) is 5.15 Å². The van der Waals surface area contributed by atoms with Crippen LogP contribution >= 0.6 is 11.6 Å². The standard InChI is InChI=1S/C12H10ClN3O2/c13-11-12(15-5-4-14-11)16-10(18)7-8-2-1-3-9(17)6-8/h1-6,17H,7H2,(H,15,16,18). The number of nitrogens with one attached hydrogen (secondary N) is 1. The molecule has 2 aromatic rings. The molecule has 0 aliphatic heterocycles. The normalized spacial score (nSPS) is 10.1. The Balaban J connectivity index is 2.03. The van der Waals surface area contributed by atoms with Crippen molar-refractivity contribution in [3.63, 3.8) is 0 Å². The minimum atomic E-state index is -0.275. The first-order valence-electron chi connectivity index (χ1n) is 5.19. The second kappa shape index (κ2) is 5.46. The number of hydrogen-bond donors (Lipinski definition) is 2. The van der Waals surface area contributed by atoms with Crippen molar-refractivity contribution in [2.24, 2.45) is 0 Å². The molecule has 0 atom stereocenters. The van der Waals surface area contributed by atoms with E-state index in [1.165, 1.54) is 18.5 Å². The summed E-state index contributed by atoms with van der Waals surface area (Å²) in [6.45, 7) is 0. The Morgan fingerprint density at radius 3 is 2.83 bits per heavy atom. The Morgan fingerprint density at radius 2 is 2.11 bits per heavy atom. The first-order valence-corrected chi connectivity index (χ1v) is 5.57. The van der Waals surface area contributed by atoms with Gasteiger partial charge in [-0.1, -0.05) is 23.7 Å². The maximum Gasteiger partial charge on any atom is 0.230 e. The van der Waals surface area contributed by atoms with Gasteiger partial charge in [0.25, 0.3) is 0 Å². The highest BCUT2D eigenvalue weighted by atomic mass is 35.5. The molecular formula is C12H10ClN3O2. The first kappa shape index (κ1) is 12.3. The van der Waals surface area contributed by atoms with Gasteiger partial charge >= 0.3 is 0 Å². The molecule has 0 unspecified atom stereocenters. The lowest BCUT2D eigenvalue weighted by atomic mass is 10.1. The number of carbonyl (C=O) groups excluding carboxylic acids is 1. The first-order chi connectivity index (χ1) is 8.65. The second-order valence-corrected chi connectivity index (χ2v) is 3.95. The van der Waals surface area contributed by atoms with Crippen LogP contribution in [-0.4, -0.2) is 21.0 Å². The summed E-state index contributed by atoms with van der Waals surface area (Å²) in [5.74, 6) is 0.0742. The number of anilines is 1. The molecule has 1 aromatic carbocycles. The molecule has 2 N–H and O–H groups in total. The number of nitrogens with zero attached hydrogens (tertiary/aromatic N) is 2. The van der Waals surface area contributed by atoms with Crippen molar-refractivity contribution in [1.29, 1.82) is 0 Å². The third-order valence-electron chi connectivity index (χ3n) is 2.19. The molecule has 0 spiro atoms. The molecule has 5 nitrogen and oxygen atoms in total. The summed E-state index contributed by atoms with van der Waals surface area (Å²) >= 11 is 5.77. The van der Waals surface area contributed by atoms with E-state index in [1.54, 1.807) is 18.2 Å². The second-order valence-electron chi connectivity index (χ2n) is 3.59. The van der Waals surface area contributed by atoms with Gasteiger partial charge in [0.2, 0.25) is 5.91 Å². The number of aromatic hydroxyl groups is 1. The Morgan fingerprint density at radius 1 is 1.33 bits per heavy atom. The molecule has 18 heavy (non-hydrogen) atoms. The van der Waals surface area contributed by atoms with E-state index in [0.29, 0.717) is 5.56 Å². The van der Waals surface area contributed by atoms with Crippen molar-refractivity contribution in [3.05, 3.63) is 47.4 Å². The molecular weight excluding hydrogens is 254 g/mol. The van der Waals surface area contributed by atoms with Crippen LogP contribution in [0.5, 0.6) is 5.75 Å². The zero-order valence-corrected chi connectivity index (χ0v) is 10.1. The minimum Gasteiger partial charge on any atom is -0.508 e. The molecule has 0 bridgehead atoms. The Kier molecular flexibility index (Phi) is 3.74. The average molecular weight is 264 g/mol. The molecule has 0 fully saturated rings. The predicted molar refractivity (Wildman–Crippen MR) is 67.5 cm³/mol. The Bertz CT molecular complexity index is 575. The molecule has 0 saturated carbocycles. The van der Waals surface area contributed by atoms with Crippen LogP contribution in [0.15, 0.2) is 36.7 Å². The summed E-state index contributed by atoms with van der Waals surface area (Å²) in [5, 5.41) is 12.0. The Labute approximate surface area is 108 Å². The molecule has 0 aliphatic rings. The summed E-state index contributed by atoms with van der Waals surface area (Å²) in [5.41, 5.74) is 0.701. The number of phenols is 1. The third kappa shape index (κ3) is 3.18. The van der Waals surface area contributed by atoms with E-state index in [0.717, 1.165) is 0 Å². The van der Waals surface area contributed by atoms with Gasteiger partial charge < -0.3 is 10.4 Å². The SMILES string of the molecule is O=C(Cc1cccc(O)c1)Nc1nccnc1Cl. The van der Waals surface area contributed by atoms with Crippen LogP contribution in [-0.2, 0) is 11.2 Å². The molecule has 0 radical (unpaired) electrons. The fourth-order valence-electron chi connectivity index (χ4n) is 1.43. The number of carbonyl (C=O) groups is 1. The quantitative estimate of drug-likeness (QED) is 0.888. The van der Waals surface area contributed by atoms with Gasteiger partial charge in [-0.2, -0.15) is 0 Å². The van der Waals surface area contributed by atoms with Crippen molar-refractivity contribution in [2.45, 2.75) is 6.42 Å². The van der Waals surface area contributed by atoms with Crippen LogP contribution in [0.25, 0.3) is 0 Å². The number of halogens is 1. The highest BCUT2D eigenvalue weighted by molar-refractivity contribution is 6.32. The zero-order chi connectivity index (χ0) is 13.0. The van der Waals surface area contributed by atoms with Crippen LogP contribution < -0.4 is 5.32 Å². The lowest BCUT2D eigenvalue weighted by molar-refractivity contribution is -0.115. The summed E-state index contributed by atoms with van der Waals surface area (Å²) in [6.07, 6.45) is 3.00. The van der Waals surface area contributed by atoms with Crippen LogP contribution in [0, 0.1) is 0 Å². The summed E-state index contributed by atoms with van der Waals surface area (Å²) in [4.78, 5) is 19.4. The molecule has 1 aromatic heterocycles. The lowest BCUT2D eigenvalue weighted by Gasteiger charge is -2.05. The summed E-state index contributed by atoms with van der Waals surface area (Å²) < 4.78 is 0. The van der Waals surface area contributed by atoms with Crippen molar-refractivity contribution in [1.82, 2.24) is 9.97 Å². The van der Waals surface area contributed by atoms with E-state index < -0.39 is 0 Å². The molecule has 0 saturated heterocycles. The zero-order valence-electron chi connectivity index (χ0n) is 9.30. The van der Waals surface area contributed by atoms with Gasteiger partial charge in [0, 0.05) is 12.4 Å². The van der Waals surface area contributed by atoms with E-state index in [4.69, 9.17) is 11.6 Å².